The number of anilines is 1. The summed E-state index contributed by atoms with van der Waals surface area (Å²) in [5.74, 6) is -0.938. The summed E-state index contributed by atoms with van der Waals surface area (Å²) in [7, 11) is -4.17. The van der Waals surface area contributed by atoms with Crippen molar-refractivity contribution in [3.8, 4) is 0 Å². The van der Waals surface area contributed by atoms with Crippen LogP contribution in [0.4, 0.5) is 5.69 Å². The van der Waals surface area contributed by atoms with E-state index in [-0.39, 0.29) is 29.8 Å². The van der Waals surface area contributed by atoms with Crippen molar-refractivity contribution in [2.45, 2.75) is 50.7 Å². The Hall–Kier alpha value is -3.85. The second-order valence-electron chi connectivity index (χ2n) is 10.8. The zero-order valence-corrected chi connectivity index (χ0v) is 27.1. The molecule has 4 aromatic carbocycles. The van der Waals surface area contributed by atoms with Crippen LogP contribution in [0.2, 0.25) is 10.0 Å². The van der Waals surface area contributed by atoms with E-state index in [1.54, 1.807) is 54.6 Å². The van der Waals surface area contributed by atoms with Crippen LogP contribution in [0.25, 0.3) is 0 Å². The number of carbonyl (C=O) groups excluding carboxylic acids is 2. The van der Waals surface area contributed by atoms with Crippen LogP contribution in [-0.4, -0.2) is 43.8 Å². The van der Waals surface area contributed by atoms with Gasteiger partial charge in [0, 0.05) is 29.1 Å². The van der Waals surface area contributed by atoms with Gasteiger partial charge in [0.2, 0.25) is 11.8 Å². The third-order valence-corrected chi connectivity index (χ3v) is 9.33. The fourth-order valence-corrected chi connectivity index (χ4v) is 6.69. The van der Waals surface area contributed by atoms with Crippen LogP contribution in [0.15, 0.2) is 108 Å². The molecule has 0 aliphatic rings. The molecule has 7 nitrogen and oxygen atoms in total. The number of nitrogens with zero attached hydrogens (tertiary/aromatic N) is 2. The van der Waals surface area contributed by atoms with Gasteiger partial charge in [-0.1, -0.05) is 89.9 Å². The summed E-state index contributed by atoms with van der Waals surface area (Å²) in [6, 6.07) is 28.0. The van der Waals surface area contributed by atoms with E-state index in [0.29, 0.717) is 21.3 Å². The number of benzene rings is 4. The van der Waals surface area contributed by atoms with Crippen molar-refractivity contribution in [3.05, 3.63) is 130 Å². The molecule has 230 valence electrons. The van der Waals surface area contributed by atoms with Gasteiger partial charge in [0.1, 0.15) is 12.6 Å². The van der Waals surface area contributed by atoms with Gasteiger partial charge in [-0.2, -0.15) is 0 Å². The molecule has 0 heterocycles. The first-order chi connectivity index (χ1) is 21.0. The summed E-state index contributed by atoms with van der Waals surface area (Å²) in [5, 5.41) is 3.69. The number of rotatable bonds is 12. The van der Waals surface area contributed by atoms with Crippen LogP contribution in [0.3, 0.4) is 0 Å². The van der Waals surface area contributed by atoms with Crippen LogP contribution in [0.1, 0.15) is 30.5 Å². The molecule has 0 spiro atoms. The average Bonchev–Trinajstić information content (AvgIpc) is 2.99. The first-order valence-electron chi connectivity index (χ1n) is 14.2. The van der Waals surface area contributed by atoms with Gasteiger partial charge in [-0.25, -0.2) is 8.42 Å². The zero-order chi connectivity index (χ0) is 31.9. The van der Waals surface area contributed by atoms with E-state index in [4.69, 9.17) is 23.2 Å². The Bertz CT molecular complexity index is 1700. The lowest BCUT2D eigenvalue weighted by Gasteiger charge is -2.34. The minimum atomic E-state index is -4.17. The van der Waals surface area contributed by atoms with E-state index in [9.17, 15) is 18.0 Å². The number of hydrogen-bond donors (Lipinski definition) is 1. The van der Waals surface area contributed by atoms with E-state index in [2.05, 4.69) is 5.32 Å². The molecular formula is C34H35Cl2N3O4S. The lowest BCUT2D eigenvalue weighted by molar-refractivity contribution is -0.140. The molecule has 10 heteroatoms. The largest absolute Gasteiger partial charge is 0.352 e. The second-order valence-corrected chi connectivity index (χ2v) is 13.5. The number of halogens is 2. The zero-order valence-electron chi connectivity index (χ0n) is 24.8. The Labute approximate surface area is 269 Å². The van der Waals surface area contributed by atoms with Crippen molar-refractivity contribution in [2.24, 2.45) is 0 Å². The van der Waals surface area contributed by atoms with Gasteiger partial charge >= 0.3 is 0 Å². The molecule has 0 saturated carbocycles. The molecule has 4 rings (SSSR count). The Morgan fingerprint density at radius 2 is 1.50 bits per heavy atom. The first kappa shape index (κ1) is 33.1. The van der Waals surface area contributed by atoms with E-state index >= 15 is 0 Å². The number of amides is 2. The summed E-state index contributed by atoms with van der Waals surface area (Å²) in [5.41, 5.74) is 2.56. The van der Waals surface area contributed by atoms with Gasteiger partial charge < -0.3 is 10.2 Å². The minimum Gasteiger partial charge on any atom is -0.352 e. The number of hydrogen-bond acceptors (Lipinski definition) is 4. The van der Waals surface area contributed by atoms with Crippen LogP contribution in [0.5, 0.6) is 0 Å². The Morgan fingerprint density at radius 3 is 2.11 bits per heavy atom. The summed E-state index contributed by atoms with van der Waals surface area (Å²) < 4.78 is 29.2. The maximum atomic E-state index is 14.5. The molecule has 44 heavy (non-hydrogen) atoms. The molecule has 0 unspecified atom stereocenters. The summed E-state index contributed by atoms with van der Waals surface area (Å²) >= 11 is 12.7. The highest BCUT2D eigenvalue weighted by Gasteiger charge is 2.35. The van der Waals surface area contributed by atoms with E-state index in [0.717, 1.165) is 15.4 Å². The van der Waals surface area contributed by atoms with E-state index in [1.165, 1.54) is 17.0 Å². The predicted octanol–water partition coefficient (Wildman–Crippen LogP) is 6.66. The van der Waals surface area contributed by atoms with Crippen molar-refractivity contribution in [3.63, 3.8) is 0 Å². The van der Waals surface area contributed by atoms with Crippen LogP contribution in [0, 0.1) is 6.92 Å². The van der Waals surface area contributed by atoms with Crippen molar-refractivity contribution in [1.29, 1.82) is 0 Å². The van der Waals surface area contributed by atoms with E-state index in [1.807, 2.05) is 57.2 Å². The smallest absolute Gasteiger partial charge is 0.264 e. The van der Waals surface area contributed by atoms with Gasteiger partial charge in [0.15, 0.2) is 0 Å². The van der Waals surface area contributed by atoms with E-state index < -0.39 is 28.5 Å². The Balaban J connectivity index is 1.82. The minimum absolute atomic E-state index is 0.0417. The molecule has 0 fully saturated rings. The molecule has 0 saturated heterocycles. The quantitative estimate of drug-likeness (QED) is 0.186. The molecule has 0 radical (unpaired) electrons. The first-order valence-corrected chi connectivity index (χ1v) is 16.4. The molecule has 2 amide bonds. The second kappa shape index (κ2) is 14.8. The lowest BCUT2D eigenvalue weighted by Crippen LogP contribution is -2.54. The van der Waals surface area contributed by atoms with Crippen molar-refractivity contribution in [2.75, 3.05) is 10.8 Å². The highest BCUT2D eigenvalue weighted by molar-refractivity contribution is 7.92. The van der Waals surface area contributed by atoms with Gasteiger partial charge in [-0.15, -0.1) is 0 Å². The third-order valence-electron chi connectivity index (χ3n) is 6.96. The van der Waals surface area contributed by atoms with Gasteiger partial charge in [-0.3, -0.25) is 13.9 Å². The van der Waals surface area contributed by atoms with Gasteiger partial charge in [0.05, 0.1) is 10.6 Å². The monoisotopic (exact) mass is 651 g/mol. The van der Waals surface area contributed by atoms with Crippen LogP contribution in [-0.2, 0) is 32.6 Å². The molecule has 4 aromatic rings. The number of carbonyl (C=O) groups is 2. The standard InChI is InChI=1S/C34H35Cl2N3O4S/c1-24(2)37-34(41)32(20-26-12-6-4-7-13-26)38(22-27-17-18-28(35)21-31(27)36)33(40)23-39(29-14-10-11-25(3)19-29)44(42,43)30-15-8-5-9-16-30/h4-19,21,24,32H,20,22-23H2,1-3H3,(H,37,41)/t32-/m0/s1. The predicted molar refractivity (Wildman–Crippen MR) is 176 cm³/mol. The van der Waals surface area contributed by atoms with Crippen molar-refractivity contribution < 1.29 is 18.0 Å². The Kier molecular flexibility index (Phi) is 11.1. The highest BCUT2D eigenvalue weighted by atomic mass is 35.5. The highest BCUT2D eigenvalue weighted by Crippen LogP contribution is 2.27. The number of aryl methyl sites for hydroxylation is 1. The molecule has 1 N–H and O–H groups in total. The van der Waals surface area contributed by atoms with Gasteiger partial charge in [0.25, 0.3) is 10.0 Å². The SMILES string of the molecule is Cc1cccc(N(CC(=O)N(Cc2ccc(Cl)cc2Cl)[C@@H](Cc2ccccc2)C(=O)NC(C)C)S(=O)(=O)c2ccccc2)c1. The topological polar surface area (TPSA) is 86.8 Å². The summed E-state index contributed by atoms with van der Waals surface area (Å²) in [4.78, 5) is 29.7. The van der Waals surface area contributed by atoms with Crippen molar-refractivity contribution in [1.82, 2.24) is 10.2 Å². The molecule has 0 aliphatic heterocycles. The molecule has 0 bridgehead atoms. The molecule has 1 atom stereocenters. The molecular weight excluding hydrogens is 617 g/mol. The number of sulfonamides is 1. The average molecular weight is 653 g/mol. The third kappa shape index (κ3) is 8.40. The maximum Gasteiger partial charge on any atom is 0.264 e. The molecule has 0 aromatic heterocycles. The maximum absolute atomic E-state index is 14.5. The van der Waals surface area contributed by atoms with Crippen LogP contribution < -0.4 is 9.62 Å². The summed E-state index contributed by atoms with van der Waals surface area (Å²) in [6.45, 7) is 4.92. The summed E-state index contributed by atoms with van der Waals surface area (Å²) in [6.07, 6.45) is 0.201. The van der Waals surface area contributed by atoms with Crippen LogP contribution >= 0.6 is 23.2 Å². The normalized spacial score (nSPS) is 12.0. The fourth-order valence-electron chi connectivity index (χ4n) is 4.80. The van der Waals surface area contributed by atoms with Crippen molar-refractivity contribution >= 4 is 50.7 Å². The number of nitrogens with one attached hydrogen (secondary N) is 1. The molecule has 0 aliphatic carbocycles. The Morgan fingerprint density at radius 1 is 0.841 bits per heavy atom. The fraction of sp³-hybridized carbons (Fsp3) is 0.235. The lowest BCUT2D eigenvalue weighted by atomic mass is 10.0. The van der Waals surface area contributed by atoms with Gasteiger partial charge in [-0.05, 0) is 73.9 Å².